The Kier molecular flexibility index (Phi) is 3.75. The lowest BCUT2D eigenvalue weighted by molar-refractivity contribution is -0.122. The maximum Gasteiger partial charge on any atom is 0.244 e. The largest absolute Gasteiger partial charge is 0.444 e. The third-order valence-electron chi connectivity index (χ3n) is 3.98. The second kappa shape index (κ2) is 5.69. The number of rotatable bonds is 3. The lowest BCUT2D eigenvalue weighted by Crippen LogP contribution is -2.54. The number of hydrogen-bond donors (Lipinski definition) is 2. The molecule has 110 valence electrons. The van der Waals surface area contributed by atoms with Gasteiger partial charge in [-0.2, -0.15) is 0 Å². The molecule has 21 heavy (non-hydrogen) atoms. The van der Waals surface area contributed by atoms with E-state index >= 15 is 0 Å². The predicted octanol–water partition coefficient (Wildman–Crippen LogP) is 2.81. The molecule has 1 aliphatic rings. The molecule has 1 fully saturated rings. The molecule has 1 unspecified atom stereocenters. The molecule has 1 amide bonds. The van der Waals surface area contributed by atoms with Gasteiger partial charge < -0.3 is 15.1 Å². The fourth-order valence-electron chi connectivity index (χ4n) is 2.60. The maximum absolute atomic E-state index is 12.4. The van der Waals surface area contributed by atoms with Crippen molar-refractivity contribution in [1.29, 1.82) is 0 Å². The van der Waals surface area contributed by atoms with Crippen LogP contribution in [0.15, 0.2) is 41.3 Å². The summed E-state index contributed by atoms with van der Waals surface area (Å²) in [6.45, 7) is 2.86. The normalized spacial score (nSPS) is 22.0. The highest BCUT2D eigenvalue weighted by atomic mass is 16.3. The summed E-state index contributed by atoms with van der Waals surface area (Å²) in [6, 6.07) is 7.57. The summed E-state index contributed by atoms with van der Waals surface area (Å²) in [5.41, 5.74) is 1.26. The molecule has 5 heteroatoms. The van der Waals surface area contributed by atoms with E-state index in [0.29, 0.717) is 5.76 Å². The minimum Gasteiger partial charge on any atom is -0.444 e. The van der Waals surface area contributed by atoms with Crippen molar-refractivity contribution < 1.29 is 9.21 Å². The van der Waals surface area contributed by atoms with Crippen molar-refractivity contribution >= 4 is 11.6 Å². The molecule has 0 aliphatic carbocycles. The van der Waals surface area contributed by atoms with E-state index < -0.39 is 5.54 Å². The van der Waals surface area contributed by atoms with Crippen LogP contribution < -0.4 is 10.6 Å². The van der Waals surface area contributed by atoms with E-state index in [9.17, 15) is 4.79 Å². The smallest absolute Gasteiger partial charge is 0.244 e. The Morgan fingerprint density at radius 1 is 1.33 bits per heavy atom. The molecular formula is C16H19N3O2. The fraction of sp³-hybridized carbons (Fsp3) is 0.375. The third-order valence-corrected chi connectivity index (χ3v) is 3.98. The van der Waals surface area contributed by atoms with Gasteiger partial charge in [-0.05, 0) is 57.0 Å². The SMILES string of the molecule is CC1(C(=O)Nc2ccc(-c3cnco3)cc2)CCCCN1. The van der Waals surface area contributed by atoms with Gasteiger partial charge in [0.2, 0.25) is 5.91 Å². The van der Waals surface area contributed by atoms with E-state index in [0.717, 1.165) is 37.1 Å². The Morgan fingerprint density at radius 2 is 2.14 bits per heavy atom. The fourth-order valence-corrected chi connectivity index (χ4v) is 2.60. The molecule has 1 aliphatic heterocycles. The van der Waals surface area contributed by atoms with Gasteiger partial charge in [0.15, 0.2) is 12.2 Å². The number of carbonyl (C=O) groups is 1. The minimum atomic E-state index is -0.470. The number of benzene rings is 1. The lowest BCUT2D eigenvalue weighted by Gasteiger charge is -2.33. The lowest BCUT2D eigenvalue weighted by atomic mass is 9.90. The van der Waals surface area contributed by atoms with Crippen molar-refractivity contribution in [1.82, 2.24) is 10.3 Å². The van der Waals surface area contributed by atoms with Gasteiger partial charge >= 0.3 is 0 Å². The highest BCUT2D eigenvalue weighted by Crippen LogP contribution is 2.23. The van der Waals surface area contributed by atoms with Crippen LogP contribution in [0.3, 0.4) is 0 Å². The molecule has 1 aromatic heterocycles. The molecule has 2 aromatic rings. The number of carbonyl (C=O) groups excluding carboxylic acids is 1. The van der Waals surface area contributed by atoms with Crippen molar-refractivity contribution in [3.8, 4) is 11.3 Å². The molecule has 0 radical (unpaired) electrons. The zero-order valence-electron chi connectivity index (χ0n) is 12.1. The quantitative estimate of drug-likeness (QED) is 0.910. The van der Waals surface area contributed by atoms with E-state index in [1.165, 1.54) is 6.39 Å². The van der Waals surface area contributed by atoms with Gasteiger partial charge in [-0.25, -0.2) is 4.98 Å². The Labute approximate surface area is 123 Å². The number of amides is 1. The van der Waals surface area contributed by atoms with Gasteiger partial charge in [-0.3, -0.25) is 4.79 Å². The van der Waals surface area contributed by atoms with Crippen LogP contribution in [-0.2, 0) is 4.79 Å². The number of nitrogens with one attached hydrogen (secondary N) is 2. The first-order valence-corrected chi connectivity index (χ1v) is 7.23. The summed E-state index contributed by atoms with van der Waals surface area (Å²) < 4.78 is 5.24. The van der Waals surface area contributed by atoms with Crippen LogP contribution >= 0.6 is 0 Å². The number of aromatic nitrogens is 1. The van der Waals surface area contributed by atoms with E-state index in [-0.39, 0.29) is 5.91 Å². The van der Waals surface area contributed by atoms with E-state index in [1.807, 2.05) is 31.2 Å². The van der Waals surface area contributed by atoms with Gasteiger partial charge in [0.1, 0.15) is 0 Å². The zero-order valence-corrected chi connectivity index (χ0v) is 12.1. The average Bonchev–Trinajstić information content (AvgIpc) is 3.03. The summed E-state index contributed by atoms with van der Waals surface area (Å²) in [5, 5.41) is 6.29. The highest BCUT2D eigenvalue weighted by Gasteiger charge is 2.34. The van der Waals surface area contributed by atoms with Crippen LogP contribution in [0.2, 0.25) is 0 Å². The predicted molar refractivity (Wildman–Crippen MR) is 80.8 cm³/mol. The second-order valence-corrected chi connectivity index (χ2v) is 5.61. The van der Waals surface area contributed by atoms with E-state index in [2.05, 4.69) is 15.6 Å². The van der Waals surface area contributed by atoms with Crippen LogP contribution in [-0.4, -0.2) is 23.0 Å². The Hall–Kier alpha value is -2.14. The van der Waals surface area contributed by atoms with Crippen LogP contribution in [0.25, 0.3) is 11.3 Å². The molecule has 1 aromatic carbocycles. The molecule has 0 bridgehead atoms. The molecule has 1 saturated heterocycles. The van der Waals surface area contributed by atoms with Crippen LogP contribution in [0.1, 0.15) is 26.2 Å². The van der Waals surface area contributed by atoms with Gasteiger partial charge in [0, 0.05) is 11.3 Å². The van der Waals surface area contributed by atoms with Crippen LogP contribution in [0.5, 0.6) is 0 Å². The monoisotopic (exact) mass is 285 g/mol. The summed E-state index contributed by atoms with van der Waals surface area (Å²) >= 11 is 0. The van der Waals surface area contributed by atoms with E-state index in [1.54, 1.807) is 6.20 Å². The van der Waals surface area contributed by atoms with Gasteiger partial charge in [-0.1, -0.05) is 0 Å². The summed E-state index contributed by atoms with van der Waals surface area (Å²) in [6.07, 6.45) is 6.16. The van der Waals surface area contributed by atoms with Crippen molar-refractivity contribution in [3.63, 3.8) is 0 Å². The Bertz CT molecular complexity index is 599. The molecule has 0 spiro atoms. The average molecular weight is 285 g/mol. The molecule has 0 saturated carbocycles. The standard InChI is InChI=1S/C16H19N3O2/c1-16(8-2-3-9-18-16)15(20)19-13-6-4-12(5-7-13)14-10-17-11-21-14/h4-7,10-11,18H,2-3,8-9H2,1H3,(H,19,20). The van der Waals surface area contributed by atoms with Crippen molar-refractivity contribution in [2.45, 2.75) is 31.7 Å². The number of anilines is 1. The first-order valence-electron chi connectivity index (χ1n) is 7.23. The summed E-state index contributed by atoms with van der Waals surface area (Å²) in [4.78, 5) is 16.3. The topological polar surface area (TPSA) is 67.2 Å². The van der Waals surface area contributed by atoms with Gasteiger partial charge in [0.05, 0.1) is 11.7 Å². The molecular weight excluding hydrogens is 266 g/mol. The van der Waals surface area contributed by atoms with Crippen LogP contribution in [0, 0.1) is 0 Å². The first kappa shape index (κ1) is 13.8. The van der Waals surface area contributed by atoms with Gasteiger partial charge in [0.25, 0.3) is 0 Å². The number of nitrogens with zero attached hydrogens (tertiary/aromatic N) is 1. The van der Waals surface area contributed by atoms with Crippen LogP contribution in [0.4, 0.5) is 5.69 Å². The van der Waals surface area contributed by atoms with Crippen molar-refractivity contribution in [3.05, 3.63) is 36.9 Å². The molecule has 1 atom stereocenters. The Balaban J connectivity index is 1.69. The number of oxazole rings is 1. The van der Waals surface area contributed by atoms with Crippen molar-refractivity contribution in [2.75, 3.05) is 11.9 Å². The second-order valence-electron chi connectivity index (χ2n) is 5.61. The molecule has 2 heterocycles. The maximum atomic E-state index is 12.4. The number of piperidine rings is 1. The van der Waals surface area contributed by atoms with Crippen molar-refractivity contribution in [2.24, 2.45) is 0 Å². The summed E-state index contributed by atoms with van der Waals surface area (Å²) in [5.74, 6) is 0.739. The molecule has 5 nitrogen and oxygen atoms in total. The minimum absolute atomic E-state index is 0.0228. The highest BCUT2D eigenvalue weighted by molar-refractivity contribution is 5.98. The first-order chi connectivity index (χ1) is 10.2. The van der Waals surface area contributed by atoms with E-state index in [4.69, 9.17) is 4.42 Å². The Morgan fingerprint density at radius 3 is 2.76 bits per heavy atom. The molecule has 3 rings (SSSR count). The molecule has 2 N–H and O–H groups in total. The van der Waals surface area contributed by atoms with Gasteiger partial charge in [-0.15, -0.1) is 0 Å². The summed E-state index contributed by atoms with van der Waals surface area (Å²) in [7, 11) is 0. The number of hydrogen-bond acceptors (Lipinski definition) is 4. The third kappa shape index (κ3) is 2.97. The zero-order chi connectivity index (χ0) is 14.7.